The monoisotopic (exact) mass is 361 g/mol. The third kappa shape index (κ3) is 4.64. The Morgan fingerprint density at radius 2 is 2.09 bits per heavy atom. The maximum absolute atomic E-state index is 12.2. The fraction of sp³-hybridized carbons (Fsp3) is 0.533. The molecule has 2 N–H and O–H groups in total. The summed E-state index contributed by atoms with van der Waals surface area (Å²) in [6, 6.07) is 3.28. The molecule has 0 aliphatic carbocycles. The zero-order chi connectivity index (χ0) is 15.4. The van der Waals surface area contributed by atoms with Gasteiger partial charge in [-0.1, -0.05) is 11.6 Å². The van der Waals surface area contributed by atoms with Gasteiger partial charge in [0.05, 0.1) is 5.02 Å². The predicted octanol–water partition coefficient (Wildman–Crippen LogP) is 1.52. The molecule has 2 aliphatic rings. The molecule has 0 bridgehead atoms. The van der Waals surface area contributed by atoms with Crippen LogP contribution >= 0.6 is 24.0 Å². The number of nitrogens with zero attached hydrogens (tertiary/aromatic N) is 1. The average Bonchev–Trinajstić information content (AvgIpc) is 3.01. The first-order valence-electron chi connectivity index (χ1n) is 7.54. The maximum Gasteiger partial charge on any atom is 0.251 e. The van der Waals surface area contributed by atoms with E-state index in [0.29, 0.717) is 28.6 Å². The molecule has 0 aromatic heterocycles. The van der Waals surface area contributed by atoms with Gasteiger partial charge in [0.15, 0.2) is 11.5 Å². The highest BCUT2D eigenvalue weighted by molar-refractivity contribution is 6.32. The molecule has 0 radical (unpaired) electrons. The molecule has 3 rings (SSSR count). The summed E-state index contributed by atoms with van der Waals surface area (Å²) < 4.78 is 10.5. The molecule has 0 atom stereocenters. The summed E-state index contributed by atoms with van der Waals surface area (Å²) in [5, 5.41) is 6.65. The van der Waals surface area contributed by atoms with Crippen LogP contribution in [0.4, 0.5) is 0 Å². The van der Waals surface area contributed by atoms with Gasteiger partial charge in [-0.15, -0.1) is 12.4 Å². The van der Waals surface area contributed by atoms with E-state index >= 15 is 0 Å². The normalized spacial score (nSPS) is 16.7. The van der Waals surface area contributed by atoms with Crippen molar-refractivity contribution in [1.82, 2.24) is 15.5 Å². The van der Waals surface area contributed by atoms with Gasteiger partial charge in [0.1, 0.15) is 0 Å². The number of amides is 1. The lowest BCUT2D eigenvalue weighted by atomic mass is 10.2. The largest absolute Gasteiger partial charge is 0.454 e. The molecule has 23 heavy (non-hydrogen) atoms. The van der Waals surface area contributed by atoms with E-state index < -0.39 is 0 Å². The van der Waals surface area contributed by atoms with Crippen LogP contribution in [0.25, 0.3) is 0 Å². The van der Waals surface area contributed by atoms with Crippen LogP contribution in [0.2, 0.25) is 5.02 Å². The summed E-state index contributed by atoms with van der Waals surface area (Å²) in [7, 11) is 0. The Kier molecular flexibility index (Phi) is 6.77. The van der Waals surface area contributed by atoms with Gasteiger partial charge in [-0.25, -0.2) is 0 Å². The first-order valence-corrected chi connectivity index (χ1v) is 7.92. The molecular formula is C15H21Cl2N3O3. The van der Waals surface area contributed by atoms with Crippen LogP contribution in [0.5, 0.6) is 11.5 Å². The lowest BCUT2D eigenvalue weighted by Gasteiger charge is -2.27. The van der Waals surface area contributed by atoms with Gasteiger partial charge in [0.2, 0.25) is 6.79 Å². The van der Waals surface area contributed by atoms with E-state index in [1.165, 1.54) is 0 Å². The average molecular weight is 362 g/mol. The summed E-state index contributed by atoms with van der Waals surface area (Å²) in [6.45, 7) is 6.03. The van der Waals surface area contributed by atoms with Gasteiger partial charge in [-0.05, 0) is 25.1 Å². The van der Waals surface area contributed by atoms with Gasteiger partial charge in [-0.2, -0.15) is 0 Å². The van der Waals surface area contributed by atoms with Gasteiger partial charge in [0.25, 0.3) is 5.91 Å². The van der Waals surface area contributed by atoms with Crippen LogP contribution in [-0.2, 0) is 0 Å². The highest BCUT2D eigenvalue weighted by Gasteiger charge is 2.20. The number of hydrogen-bond donors (Lipinski definition) is 2. The summed E-state index contributed by atoms with van der Waals surface area (Å²) in [6.07, 6.45) is 0.935. The van der Waals surface area contributed by atoms with Gasteiger partial charge in [0, 0.05) is 38.3 Å². The first-order chi connectivity index (χ1) is 10.7. The second-order valence-electron chi connectivity index (χ2n) is 5.39. The molecule has 1 saturated heterocycles. The van der Waals surface area contributed by atoms with Crippen LogP contribution in [0.3, 0.4) is 0 Å². The second-order valence-corrected chi connectivity index (χ2v) is 5.80. The number of piperazine rings is 1. The maximum atomic E-state index is 12.2. The summed E-state index contributed by atoms with van der Waals surface area (Å²) in [4.78, 5) is 14.6. The quantitative estimate of drug-likeness (QED) is 0.778. The minimum atomic E-state index is -0.138. The fourth-order valence-electron chi connectivity index (χ4n) is 2.64. The second kappa shape index (κ2) is 8.59. The Morgan fingerprint density at radius 1 is 1.30 bits per heavy atom. The van der Waals surface area contributed by atoms with Gasteiger partial charge in [-0.3, -0.25) is 4.79 Å². The highest BCUT2D eigenvalue weighted by Crippen LogP contribution is 2.39. The van der Waals surface area contributed by atoms with Crippen LogP contribution in [0.15, 0.2) is 12.1 Å². The summed E-state index contributed by atoms with van der Waals surface area (Å²) in [5.74, 6) is 0.899. The molecule has 8 heteroatoms. The molecule has 2 heterocycles. The van der Waals surface area contributed by atoms with E-state index in [9.17, 15) is 4.79 Å². The minimum Gasteiger partial charge on any atom is -0.454 e. The zero-order valence-electron chi connectivity index (χ0n) is 12.8. The van der Waals surface area contributed by atoms with E-state index in [2.05, 4.69) is 15.5 Å². The lowest BCUT2D eigenvalue weighted by molar-refractivity contribution is 0.0951. The molecule has 128 valence electrons. The van der Waals surface area contributed by atoms with Crippen molar-refractivity contribution in [3.05, 3.63) is 22.7 Å². The molecule has 0 unspecified atom stereocenters. The number of rotatable bonds is 5. The van der Waals surface area contributed by atoms with Crippen LogP contribution in [0.1, 0.15) is 16.8 Å². The minimum absolute atomic E-state index is 0. The van der Waals surface area contributed by atoms with Crippen LogP contribution in [0, 0.1) is 0 Å². The molecule has 0 saturated carbocycles. The Morgan fingerprint density at radius 3 is 2.87 bits per heavy atom. The lowest BCUT2D eigenvalue weighted by Crippen LogP contribution is -2.44. The number of nitrogens with one attached hydrogen (secondary N) is 2. The third-order valence-electron chi connectivity index (χ3n) is 3.84. The van der Waals surface area contributed by atoms with Crippen molar-refractivity contribution in [3.63, 3.8) is 0 Å². The molecule has 1 fully saturated rings. The van der Waals surface area contributed by atoms with E-state index in [1.807, 2.05) is 0 Å². The molecule has 1 aromatic carbocycles. The van der Waals surface area contributed by atoms with Crippen LogP contribution in [-0.4, -0.2) is 56.9 Å². The Hall–Kier alpha value is -1.21. The van der Waals surface area contributed by atoms with Crippen molar-refractivity contribution in [1.29, 1.82) is 0 Å². The van der Waals surface area contributed by atoms with Gasteiger partial charge < -0.3 is 25.0 Å². The van der Waals surface area contributed by atoms with Crippen molar-refractivity contribution in [2.24, 2.45) is 0 Å². The zero-order valence-corrected chi connectivity index (χ0v) is 14.3. The highest BCUT2D eigenvalue weighted by atomic mass is 35.5. The molecule has 6 nitrogen and oxygen atoms in total. The standard InChI is InChI=1S/C15H20ClN3O3.ClH/c16-12-8-11(9-13-14(12)22-10-21-13)15(20)18-2-1-5-19-6-3-17-4-7-19;/h8-9,17H,1-7,10H2,(H,18,20);1H. The smallest absolute Gasteiger partial charge is 0.251 e. The topological polar surface area (TPSA) is 62.8 Å². The van der Waals surface area contributed by atoms with Gasteiger partial charge >= 0.3 is 0 Å². The Balaban J connectivity index is 0.00000192. The number of carbonyl (C=O) groups is 1. The number of benzene rings is 1. The van der Waals surface area contributed by atoms with Crippen LogP contribution < -0.4 is 20.1 Å². The molecule has 2 aliphatic heterocycles. The third-order valence-corrected chi connectivity index (χ3v) is 4.12. The molecule has 1 amide bonds. The number of fused-ring (bicyclic) bond motifs is 1. The Bertz CT molecular complexity index is 551. The molecule has 1 aromatic rings. The van der Waals surface area contributed by atoms with Crippen molar-refractivity contribution in [2.45, 2.75) is 6.42 Å². The summed E-state index contributed by atoms with van der Waals surface area (Å²) >= 11 is 6.08. The Labute approximate surface area is 146 Å². The van der Waals surface area contributed by atoms with E-state index in [1.54, 1.807) is 12.1 Å². The van der Waals surface area contributed by atoms with Crippen molar-refractivity contribution >= 4 is 29.9 Å². The SMILES string of the molecule is Cl.O=C(NCCCN1CCNCC1)c1cc(Cl)c2c(c1)OCO2. The predicted molar refractivity (Wildman–Crippen MR) is 91.1 cm³/mol. The number of ether oxygens (including phenoxy) is 2. The van der Waals surface area contributed by atoms with E-state index in [-0.39, 0.29) is 25.1 Å². The molecule has 0 spiro atoms. The van der Waals surface area contributed by atoms with Crippen molar-refractivity contribution in [2.75, 3.05) is 46.1 Å². The fourth-order valence-corrected chi connectivity index (χ4v) is 2.91. The first kappa shape index (κ1) is 18.1. The number of halogens is 2. The summed E-state index contributed by atoms with van der Waals surface area (Å²) in [5.41, 5.74) is 0.497. The number of hydrogen-bond acceptors (Lipinski definition) is 5. The molecular weight excluding hydrogens is 341 g/mol. The number of carbonyl (C=O) groups excluding carboxylic acids is 1. The van der Waals surface area contributed by atoms with E-state index in [0.717, 1.165) is 39.1 Å². The van der Waals surface area contributed by atoms with Crippen molar-refractivity contribution < 1.29 is 14.3 Å². The van der Waals surface area contributed by atoms with Crippen molar-refractivity contribution in [3.8, 4) is 11.5 Å². The van der Waals surface area contributed by atoms with E-state index in [4.69, 9.17) is 21.1 Å².